The van der Waals surface area contributed by atoms with E-state index in [1.165, 1.54) is 23.7 Å². The van der Waals surface area contributed by atoms with E-state index in [0.29, 0.717) is 10.6 Å². The molecule has 0 unspecified atom stereocenters. The molecule has 3 rings (SSSR count). The Labute approximate surface area is 126 Å². The first-order chi connectivity index (χ1) is 10.3. The summed E-state index contributed by atoms with van der Waals surface area (Å²) in [4.78, 5) is 12.8. The largest absolute Gasteiger partial charge is 0.409 e. The molecule has 0 spiro atoms. The van der Waals surface area contributed by atoms with Gasteiger partial charge in [0.05, 0.1) is 5.56 Å². The Kier molecular flexibility index (Phi) is 4.01. The quantitative estimate of drug-likeness (QED) is 0.296. The number of nitrogens with zero attached hydrogens (tertiary/aromatic N) is 4. The summed E-state index contributed by atoms with van der Waals surface area (Å²) in [6, 6.07) is 3.79. The van der Waals surface area contributed by atoms with E-state index in [1.54, 1.807) is 6.20 Å². The molecule has 2 heterocycles. The summed E-state index contributed by atoms with van der Waals surface area (Å²) < 4.78 is 0. The van der Waals surface area contributed by atoms with Crippen LogP contribution in [0.3, 0.4) is 0 Å². The van der Waals surface area contributed by atoms with Crippen molar-refractivity contribution in [2.24, 2.45) is 10.9 Å². The van der Waals surface area contributed by atoms with E-state index in [1.807, 2.05) is 12.1 Å². The van der Waals surface area contributed by atoms with Gasteiger partial charge in [0.25, 0.3) is 0 Å². The van der Waals surface area contributed by atoms with Crippen molar-refractivity contribution < 1.29 is 5.21 Å². The molecule has 0 amide bonds. The lowest BCUT2D eigenvalue weighted by atomic mass is 9.95. The number of rotatable bonds is 3. The molecule has 3 N–H and O–H groups in total. The fourth-order valence-electron chi connectivity index (χ4n) is 2.37. The van der Waals surface area contributed by atoms with E-state index >= 15 is 0 Å². The molecule has 0 aliphatic heterocycles. The van der Waals surface area contributed by atoms with Crippen LogP contribution >= 0.6 is 11.8 Å². The Hall–Kier alpha value is -2.15. The summed E-state index contributed by atoms with van der Waals surface area (Å²) >= 11 is 1.40. The number of hydrogen-bond acceptors (Lipinski definition) is 6. The number of nitrogens with two attached hydrogens (primary N) is 1. The molecular formula is C14H15N5OS. The van der Waals surface area contributed by atoms with Crippen molar-refractivity contribution in [3.05, 3.63) is 41.5 Å². The maximum atomic E-state index is 8.98. The van der Waals surface area contributed by atoms with E-state index in [9.17, 15) is 0 Å². The van der Waals surface area contributed by atoms with Crippen LogP contribution in [0.4, 0.5) is 0 Å². The average molecular weight is 301 g/mol. The third-order valence-electron chi connectivity index (χ3n) is 3.41. The van der Waals surface area contributed by atoms with Gasteiger partial charge >= 0.3 is 0 Å². The van der Waals surface area contributed by atoms with Crippen LogP contribution < -0.4 is 5.73 Å². The van der Waals surface area contributed by atoms with Crippen LogP contribution in [0.15, 0.2) is 39.9 Å². The monoisotopic (exact) mass is 301 g/mol. The van der Waals surface area contributed by atoms with Gasteiger partial charge in [-0.05, 0) is 55.1 Å². The summed E-state index contributed by atoms with van der Waals surface area (Å²) in [5.41, 5.74) is 8.74. The Morgan fingerprint density at radius 1 is 1.33 bits per heavy atom. The fraction of sp³-hybridized carbons (Fsp3) is 0.286. The standard InChI is InChI=1S/C14H15N5OS/c15-13(19-20)10-7-9-3-1-2-4-11(9)18-14(10)21-12-5-6-16-8-17-12/h5-8,20H,1-4H2,(H2,15,19). The molecule has 1 aliphatic carbocycles. The van der Waals surface area contributed by atoms with Crippen molar-refractivity contribution in [3.63, 3.8) is 0 Å². The number of hydrogen-bond donors (Lipinski definition) is 2. The molecule has 108 valence electrons. The summed E-state index contributed by atoms with van der Waals surface area (Å²) in [5, 5.41) is 13.6. The highest BCUT2D eigenvalue weighted by molar-refractivity contribution is 7.99. The van der Waals surface area contributed by atoms with Crippen LogP contribution in [0.5, 0.6) is 0 Å². The van der Waals surface area contributed by atoms with Gasteiger partial charge in [0.15, 0.2) is 5.84 Å². The highest BCUT2D eigenvalue weighted by Crippen LogP contribution is 2.31. The fourth-order valence-corrected chi connectivity index (χ4v) is 3.22. The zero-order valence-corrected chi connectivity index (χ0v) is 12.2. The molecule has 0 bridgehead atoms. The molecule has 2 aromatic rings. The van der Waals surface area contributed by atoms with E-state index in [0.717, 1.165) is 36.4 Å². The predicted molar refractivity (Wildman–Crippen MR) is 79.5 cm³/mol. The van der Waals surface area contributed by atoms with E-state index in [2.05, 4.69) is 15.1 Å². The van der Waals surface area contributed by atoms with Crippen LogP contribution in [0.2, 0.25) is 0 Å². The number of pyridine rings is 1. The van der Waals surface area contributed by atoms with Gasteiger partial charge < -0.3 is 10.9 Å². The second-order valence-electron chi connectivity index (χ2n) is 4.79. The molecule has 0 atom stereocenters. The van der Waals surface area contributed by atoms with Gasteiger partial charge in [-0.1, -0.05) is 5.16 Å². The second kappa shape index (κ2) is 6.09. The lowest BCUT2D eigenvalue weighted by Crippen LogP contribution is -2.18. The van der Waals surface area contributed by atoms with Crippen LogP contribution in [0.1, 0.15) is 29.7 Å². The van der Waals surface area contributed by atoms with Crippen LogP contribution in [-0.4, -0.2) is 26.0 Å². The van der Waals surface area contributed by atoms with Gasteiger partial charge in [-0.25, -0.2) is 15.0 Å². The maximum absolute atomic E-state index is 8.98. The topological polar surface area (TPSA) is 97.3 Å². The molecule has 1 aliphatic rings. The van der Waals surface area contributed by atoms with Gasteiger partial charge in [0.2, 0.25) is 0 Å². The van der Waals surface area contributed by atoms with Crippen LogP contribution in [0, 0.1) is 0 Å². The number of fused-ring (bicyclic) bond motifs is 1. The Morgan fingerprint density at radius 2 is 2.19 bits per heavy atom. The zero-order chi connectivity index (χ0) is 14.7. The molecule has 0 aromatic carbocycles. The Bertz CT molecular complexity index is 675. The van der Waals surface area contributed by atoms with Crippen LogP contribution in [-0.2, 0) is 12.8 Å². The third-order valence-corrected chi connectivity index (χ3v) is 4.36. The normalized spacial score (nSPS) is 14.8. The van der Waals surface area contributed by atoms with Crippen LogP contribution in [0.25, 0.3) is 0 Å². The van der Waals surface area contributed by atoms with Gasteiger partial charge in [-0.2, -0.15) is 0 Å². The smallest absolute Gasteiger partial charge is 0.172 e. The SMILES string of the molecule is NC(=NO)c1cc2c(nc1Sc1ccncn1)CCCC2. The number of aryl methyl sites for hydroxylation is 2. The first-order valence-electron chi connectivity index (χ1n) is 6.72. The number of oxime groups is 1. The summed E-state index contributed by atoms with van der Waals surface area (Å²) in [6.45, 7) is 0. The molecule has 7 heteroatoms. The summed E-state index contributed by atoms with van der Waals surface area (Å²) in [5.74, 6) is 0.0763. The van der Waals surface area contributed by atoms with E-state index < -0.39 is 0 Å². The molecular weight excluding hydrogens is 286 g/mol. The highest BCUT2D eigenvalue weighted by atomic mass is 32.2. The van der Waals surface area contributed by atoms with Crippen molar-refractivity contribution in [2.45, 2.75) is 35.7 Å². The Balaban J connectivity index is 2.04. The molecule has 0 saturated heterocycles. The van der Waals surface area contributed by atoms with Crippen molar-refractivity contribution >= 4 is 17.6 Å². The molecule has 0 saturated carbocycles. The molecule has 0 radical (unpaired) electrons. The predicted octanol–water partition coefficient (Wildman–Crippen LogP) is 2.00. The number of amidine groups is 1. The zero-order valence-electron chi connectivity index (χ0n) is 11.4. The minimum atomic E-state index is 0.0763. The van der Waals surface area contributed by atoms with Crippen molar-refractivity contribution in [2.75, 3.05) is 0 Å². The van der Waals surface area contributed by atoms with E-state index in [4.69, 9.17) is 15.9 Å². The first kappa shape index (κ1) is 13.8. The molecule has 0 fully saturated rings. The second-order valence-corrected chi connectivity index (χ2v) is 5.80. The lowest BCUT2D eigenvalue weighted by molar-refractivity contribution is 0.318. The minimum absolute atomic E-state index is 0.0763. The maximum Gasteiger partial charge on any atom is 0.172 e. The summed E-state index contributed by atoms with van der Waals surface area (Å²) in [6.07, 6.45) is 7.44. The lowest BCUT2D eigenvalue weighted by Gasteiger charge is -2.17. The Morgan fingerprint density at radius 3 is 2.95 bits per heavy atom. The van der Waals surface area contributed by atoms with Crippen molar-refractivity contribution in [3.8, 4) is 0 Å². The van der Waals surface area contributed by atoms with Gasteiger partial charge in [-0.3, -0.25) is 0 Å². The molecule has 6 nitrogen and oxygen atoms in total. The first-order valence-corrected chi connectivity index (χ1v) is 7.54. The third kappa shape index (κ3) is 2.97. The van der Waals surface area contributed by atoms with Gasteiger partial charge in [0, 0.05) is 11.9 Å². The van der Waals surface area contributed by atoms with Gasteiger partial charge in [-0.15, -0.1) is 0 Å². The molecule has 21 heavy (non-hydrogen) atoms. The van der Waals surface area contributed by atoms with Gasteiger partial charge in [0.1, 0.15) is 16.4 Å². The summed E-state index contributed by atoms with van der Waals surface area (Å²) in [7, 11) is 0. The average Bonchev–Trinajstić information content (AvgIpc) is 2.54. The van der Waals surface area contributed by atoms with E-state index in [-0.39, 0.29) is 5.84 Å². The number of aromatic nitrogens is 3. The minimum Gasteiger partial charge on any atom is -0.409 e. The van der Waals surface area contributed by atoms with Crippen molar-refractivity contribution in [1.82, 2.24) is 15.0 Å². The highest BCUT2D eigenvalue weighted by Gasteiger charge is 2.18. The van der Waals surface area contributed by atoms with Crippen molar-refractivity contribution in [1.29, 1.82) is 0 Å². The molecule has 2 aromatic heterocycles.